The number of rotatable bonds is 5. The van der Waals surface area contributed by atoms with E-state index in [1.54, 1.807) is 16.9 Å². The summed E-state index contributed by atoms with van der Waals surface area (Å²) in [5.74, 6) is 0. The van der Waals surface area contributed by atoms with E-state index >= 15 is 0 Å². The largest absolute Gasteiger partial charge is 0.416 e. The lowest BCUT2D eigenvalue weighted by Crippen LogP contribution is -2.20. The molecule has 0 spiro atoms. The normalized spacial score (nSPS) is 13.5. The fraction of sp³-hybridized carbons (Fsp3) is 0.400. The standard InChI is InChI=1S/C15H19F3N4/c1-21(2)7-6-14(22-10-13(19)9-20-22)11-4-3-5-12(8-11)15(16,17)18/h3-5,8-10,14H,6-7,19H2,1-2H3. The topological polar surface area (TPSA) is 47.1 Å². The number of alkyl halides is 3. The smallest absolute Gasteiger partial charge is 0.396 e. The number of aromatic nitrogens is 2. The van der Waals surface area contributed by atoms with Gasteiger partial charge in [-0.2, -0.15) is 18.3 Å². The SMILES string of the molecule is CN(C)CCC(c1cccc(C(F)(F)F)c1)n1cc(N)cn1. The van der Waals surface area contributed by atoms with E-state index in [9.17, 15) is 13.2 Å². The first-order valence-corrected chi connectivity index (χ1v) is 6.89. The number of anilines is 1. The minimum atomic E-state index is -4.36. The Morgan fingerprint density at radius 3 is 2.59 bits per heavy atom. The summed E-state index contributed by atoms with van der Waals surface area (Å²) in [6.07, 6.45) is -0.586. The van der Waals surface area contributed by atoms with Crippen LogP contribution in [0.4, 0.5) is 18.9 Å². The molecule has 0 amide bonds. The lowest BCUT2D eigenvalue weighted by atomic mass is 10.0. The molecule has 0 bridgehead atoms. The average molecular weight is 312 g/mol. The second kappa shape index (κ2) is 6.39. The van der Waals surface area contributed by atoms with Crippen LogP contribution in [0.15, 0.2) is 36.7 Å². The Morgan fingerprint density at radius 1 is 1.32 bits per heavy atom. The zero-order chi connectivity index (χ0) is 16.3. The highest BCUT2D eigenvalue weighted by molar-refractivity contribution is 5.33. The van der Waals surface area contributed by atoms with Crippen molar-refractivity contribution in [3.05, 3.63) is 47.8 Å². The molecule has 2 N–H and O–H groups in total. The molecule has 120 valence electrons. The Morgan fingerprint density at radius 2 is 2.05 bits per heavy atom. The molecular weight excluding hydrogens is 293 g/mol. The Labute approximate surface area is 127 Å². The zero-order valence-electron chi connectivity index (χ0n) is 12.5. The van der Waals surface area contributed by atoms with Gasteiger partial charge in [-0.05, 0) is 44.8 Å². The lowest BCUT2D eigenvalue weighted by molar-refractivity contribution is -0.137. The van der Waals surface area contributed by atoms with Gasteiger partial charge < -0.3 is 10.6 Å². The Balaban J connectivity index is 2.36. The molecule has 1 heterocycles. The summed E-state index contributed by atoms with van der Waals surface area (Å²) < 4.78 is 40.3. The Bertz CT molecular complexity index is 619. The molecule has 4 nitrogen and oxygen atoms in total. The predicted molar refractivity (Wildman–Crippen MR) is 79.4 cm³/mol. The molecule has 0 radical (unpaired) electrons. The van der Waals surface area contributed by atoms with Crippen LogP contribution in [0, 0.1) is 0 Å². The Hall–Kier alpha value is -2.02. The fourth-order valence-corrected chi connectivity index (χ4v) is 2.28. The minimum Gasteiger partial charge on any atom is -0.396 e. The zero-order valence-corrected chi connectivity index (χ0v) is 12.5. The van der Waals surface area contributed by atoms with Gasteiger partial charge in [0.05, 0.1) is 23.5 Å². The summed E-state index contributed by atoms with van der Waals surface area (Å²) in [7, 11) is 3.83. The summed E-state index contributed by atoms with van der Waals surface area (Å²) in [6.45, 7) is 0.723. The first kappa shape index (κ1) is 16.4. The highest BCUT2D eigenvalue weighted by Crippen LogP contribution is 2.32. The first-order valence-electron chi connectivity index (χ1n) is 6.89. The van der Waals surface area contributed by atoms with Crippen LogP contribution in [0.1, 0.15) is 23.6 Å². The van der Waals surface area contributed by atoms with E-state index in [0.717, 1.165) is 12.6 Å². The molecule has 0 saturated heterocycles. The maximum atomic E-state index is 12.9. The summed E-state index contributed by atoms with van der Waals surface area (Å²) in [5.41, 5.74) is 6.08. The number of hydrogen-bond acceptors (Lipinski definition) is 3. The highest BCUT2D eigenvalue weighted by atomic mass is 19.4. The monoisotopic (exact) mass is 312 g/mol. The molecule has 0 aliphatic carbocycles. The van der Waals surface area contributed by atoms with Crippen molar-refractivity contribution in [3.8, 4) is 0 Å². The van der Waals surface area contributed by atoms with Gasteiger partial charge >= 0.3 is 6.18 Å². The van der Waals surface area contributed by atoms with Gasteiger partial charge in [-0.15, -0.1) is 0 Å². The van der Waals surface area contributed by atoms with Gasteiger partial charge in [0.25, 0.3) is 0 Å². The second-order valence-corrected chi connectivity index (χ2v) is 5.48. The third-order valence-corrected chi connectivity index (χ3v) is 3.39. The van der Waals surface area contributed by atoms with Gasteiger partial charge in [0.1, 0.15) is 0 Å². The van der Waals surface area contributed by atoms with Crippen LogP contribution in [0.25, 0.3) is 0 Å². The van der Waals surface area contributed by atoms with E-state index in [-0.39, 0.29) is 6.04 Å². The molecule has 2 rings (SSSR count). The van der Waals surface area contributed by atoms with Crippen molar-refractivity contribution in [3.63, 3.8) is 0 Å². The van der Waals surface area contributed by atoms with Crippen molar-refractivity contribution in [2.45, 2.75) is 18.6 Å². The number of nitrogens with two attached hydrogens (primary N) is 1. The first-order chi connectivity index (χ1) is 10.3. The van der Waals surface area contributed by atoms with E-state index in [1.807, 2.05) is 19.0 Å². The molecule has 0 aliphatic heterocycles. The molecule has 2 aromatic rings. The third-order valence-electron chi connectivity index (χ3n) is 3.39. The molecule has 0 saturated carbocycles. The second-order valence-electron chi connectivity index (χ2n) is 5.48. The van der Waals surface area contributed by atoms with Crippen LogP contribution in [0.2, 0.25) is 0 Å². The fourth-order valence-electron chi connectivity index (χ4n) is 2.28. The van der Waals surface area contributed by atoms with E-state index < -0.39 is 11.7 Å². The number of nitrogen functional groups attached to an aromatic ring is 1. The summed E-state index contributed by atoms with van der Waals surface area (Å²) in [5, 5.41) is 4.15. The van der Waals surface area contributed by atoms with E-state index in [2.05, 4.69) is 5.10 Å². The van der Waals surface area contributed by atoms with Crippen LogP contribution >= 0.6 is 0 Å². The quantitative estimate of drug-likeness (QED) is 0.923. The van der Waals surface area contributed by atoms with Crippen molar-refractivity contribution in [2.75, 3.05) is 26.4 Å². The molecule has 1 unspecified atom stereocenters. The molecule has 1 aromatic heterocycles. The summed E-state index contributed by atoms with van der Waals surface area (Å²) in [6, 6.07) is 5.07. The van der Waals surface area contributed by atoms with Gasteiger partial charge in [-0.1, -0.05) is 12.1 Å². The Kier molecular flexibility index (Phi) is 4.75. The lowest BCUT2D eigenvalue weighted by Gasteiger charge is -2.21. The van der Waals surface area contributed by atoms with Crippen LogP contribution in [0.5, 0.6) is 0 Å². The molecule has 0 fully saturated rings. The average Bonchev–Trinajstić information content (AvgIpc) is 2.84. The number of halogens is 3. The molecule has 1 atom stereocenters. The molecule has 0 aliphatic rings. The van der Waals surface area contributed by atoms with Crippen molar-refractivity contribution < 1.29 is 13.2 Å². The number of benzene rings is 1. The maximum absolute atomic E-state index is 12.9. The van der Waals surface area contributed by atoms with Crippen LogP contribution in [-0.2, 0) is 6.18 Å². The van der Waals surface area contributed by atoms with Gasteiger partial charge in [0.2, 0.25) is 0 Å². The highest BCUT2D eigenvalue weighted by Gasteiger charge is 2.31. The summed E-state index contributed by atoms with van der Waals surface area (Å²) >= 11 is 0. The van der Waals surface area contributed by atoms with E-state index in [4.69, 9.17) is 5.73 Å². The summed E-state index contributed by atoms with van der Waals surface area (Å²) in [4.78, 5) is 1.98. The molecular formula is C15H19F3N4. The van der Waals surface area contributed by atoms with Crippen molar-refractivity contribution in [1.82, 2.24) is 14.7 Å². The van der Waals surface area contributed by atoms with Crippen molar-refractivity contribution >= 4 is 5.69 Å². The predicted octanol–water partition coefficient (Wildman–Crippen LogP) is 3.03. The van der Waals surface area contributed by atoms with Gasteiger partial charge in [-0.3, -0.25) is 4.68 Å². The van der Waals surface area contributed by atoms with Crippen molar-refractivity contribution in [2.24, 2.45) is 0 Å². The van der Waals surface area contributed by atoms with Crippen LogP contribution < -0.4 is 5.73 Å². The van der Waals surface area contributed by atoms with Gasteiger partial charge in [-0.25, -0.2) is 0 Å². The van der Waals surface area contributed by atoms with Gasteiger partial charge in [0.15, 0.2) is 0 Å². The number of hydrogen-bond donors (Lipinski definition) is 1. The molecule has 22 heavy (non-hydrogen) atoms. The third kappa shape index (κ3) is 4.00. The van der Waals surface area contributed by atoms with E-state index in [0.29, 0.717) is 17.7 Å². The van der Waals surface area contributed by atoms with Crippen molar-refractivity contribution in [1.29, 1.82) is 0 Å². The molecule has 7 heteroatoms. The minimum absolute atomic E-state index is 0.290. The maximum Gasteiger partial charge on any atom is 0.416 e. The van der Waals surface area contributed by atoms with Crippen LogP contribution in [0.3, 0.4) is 0 Å². The molecule has 1 aromatic carbocycles. The van der Waals surface area contributed by atoms with Gasteiger partial charge in [0, 0.05) is 6.20 Å². The van der Waals surface area contributed by atoms with E-state index in [1.165, 1.54) is 18.3 Å². The van der Waals surface area contributed by atoms with Crippen LogP contribution in [-0.4, -0.2) is 35.3 Å². The number of nitrogens with zero attached hydrogens (tertiary/aromatic N) is 3.